The standard InChI is InChI=1S/C23H26N2O3S/c1-3-27-21-12-18-11-16(2)28-22(18)13-19(21)14-29-15-23(26)25-10-9-20(24-25)17-7-5-4-6-8-17/h4-8,12-13,16H,3,9-11,14-15H2,1-2H3/t16-/m0/s1. The molecule has 1 amide bonds. The number of carbonyl (C=O) groups excluding carboxylic acids is 1. The van der Waals surface area contributed by atoms with Crippen LogP contribution in [0.2, 0.25) is 0 Å². The van der Waals surface area contributed by atoms with Gasteiger partial charge in [-0.25, -0.2) is 5.01 Å². The minimum atomic E-state index is 0.0462. The maximum atomic E-state index is 12.6. The van der Waals surface area contributed by atoms with E-state index in [0.717, 1.165) is 41.2 Å². The van der Waals surface area contributed by atoms with Crippen molar-refractivity contribution in [2.24, 2.45) is 5.10 Å². The molecule has 0 spiro atoms. The maximum Gasteiger partial charge on any atom is 0.252 e. The second-order valence-corrected chi connectivity index (χ2v) is 8.29. The van der Waals surface area contributed by atoms with Gasteiger partial charge in [0.15, 0.2) is 0 Å². The Morgan fingerprint density at radius 1 is 1.31 bits per heavy atom. The fourth-order valence-corrected chi connectivity index (χ4v) is 4.55. The van der Waals surface area contributed by atoms with Crippen molar-refractivity contribution in [1.29, 1.82) is 0 Å². The van der Waals surface area contributed by atoms with Crippen LogP contribution in [0.5, 0.6) is 11.5 Å². The molecular weight excluding hydrogens is 384 g/mol. The van der Waals surface area contributed by atoms with Crippen molar-refractivity contribution in [2.45, 2.75) is 38.5 Å². The highest BCUT2D eigenvalue weighted by atomic mass is 32.2. The van der Waals surface area contributed by atoms with E-state index in [1.807, 2.05) is 37.3 Å². The average Bonchev–Trinajstić information content (AvgIpc) is 3.35. The third-order valence-electron chi connectivity index (χ3n) is 5.06. The summed E-state index contributed by atoms with van der Waals surface area (Å²) in [6.07, 6.45) is 1.92. The summed E-state index contributed by atoms with van der Waals surface area (Å²) in [7, 11) is 0. The van der Waals surface area contributed by atoms with Gasteiger partial charge in [-0.1, -0.05) is 30.3 Å². The second kappa shape index (κ2) is 8.91. The number of amides is 1. The Bertz CT molecular complexity index is 914. The zero-order valence-electron chi connectivity index (χ0n) is 16.9. The normalized spacial score (nSPS) is 17.7. The Balaban J connectivity index is 1.36. The van der Waals surface area contributed by atoms with Crippen molar-refractivity contribution in [1.82, 2.24) is 5.01 Å². The van der Waals surface area contributed by atoms with E-state index in [1.165, 1.54) is 5.56 Å². The third-order valence-corrected chi connectivity index (χ3v) is 6.03. The number of rotatable bonds is 7. The molecule has 0 bridgehead atoms. The van der Waals surface area contributed by atoms with Crippen LogP contribution < -0.4 is 9.47 Å². The summed E-state index contributed by atoms with van der Waals surface area (Å²) in [6.45, 7) is 5.34. The molecule has 0 fully saturated rings. The molecule has 6 heteroatoms. The molecular formula is C23H26N2O3S. The van der Waals surface area contributed by atoms with Gasteiger partial charge < -0.3 is 9.47 Å². The van der Waals surface area contributed by atoms with Gasteiger partial charge in [0.1, 0.15) is 17.6 Å². The Morgan fingerprint density at radius 3 is 2.93 bits per heavy atom. The number of carbonyl (C=O) groups is 1. The lowest BCUT2D eigenvalue weighted by Gasteiger charge is -2.14. The largest absolute Gasteiger partial charge is 0.494 e. The van der Waals surface area contributed by atoms with E-state index in [9.17, 15) is 4.79 Å². The van der Waals surface area contributed by atoms with Gasteiger partial charge in [0, 0.05) is 29.7 Å². The van der Waals surface area contributed by atoms with Gasteiger partial charge in [0.25, 0.3) is 5.91 Å². The van der Waals surface area contributed by atoms with E-state index in [-0.39, 0.29) is 12.0 Å². The van der Waals surface area contributed by atoms with Crippen LogP contribution in [0.3, 0.4) is 0 Å². The van der Waals surface area contributed by atoms with Gasteiger partial charge in [0.2, 0.25) is 0 Å². The van der Waals surface area contributed by atoms with Crippen molar-refractivity contribution in [3.63, 3.8) is 0 Å². The first-order valence-electron chi connectivity index (χ1n) is 10.1. The lowest BCUT2D eigenvalue weighted by molar-refractivity contribution is -0.127. The molecule has 0 saturated heterocycles. The molecule has 5 nitrogen and oxygen atoms in total. The Kier molecular flexibility index (Phi) is 6.09. The van der Waals surface area contributed by atoms with Crippen LogP contribution >= 0.6 is 11.8 Å². The number of ether oxygens (including phenoxy) is 2. The molecule has 2 aliphatic heterocycles. The van der Waals surface area contributed by atoms with Crippen LogP contribution in [0.1, 0.15) is 37.0 Å². The molecule has 0 N–H and O–H groups in total. The monoisotopic (exact) mass is 410 g/mol. The number of nitrogens with zero attached hydrogens (tertiary/aromatic N) is 2. The number of fused-ring (bicyclic) bond motifs is 1. The fourth-order valence-electron chi connectivity index (χ4n) is 3.68. The Hall–Kier alpha value is -2.47. The second-order valence-electron chi connectivity index (χ2n) is 7.31. The Labute approximate surface area is 176 Å². The summed E-state index contributed by atoms with van der Waals surface area (Å²) < 4.78 is 11.7. The van der Waals surface area contributed by atoms with Gasteiger partial charge in [-0.05, 0) is 31.5 Å². The summed E-state index contributed by atoms with van der Waals surface area (Å²) in [5.74, 6) is 2.99. The molecule has 2 aromatic carbocycles. The highest BCUT2D eigenvalue weighted by molar-refractivity contribution is 7.99. The molecule has 2 aromatic rings. The number of thioether (sulfide) groups is 1. The highest BCUT2D eigenvalue weighted by Crippen LogP contribution is 2.36. The third kappa shape index (κ3) is 4.58. The summed E-state index contributed by atoms with van der Waals surface area (Å²) >= 11 is 1.59. The van der Waals surface area contributed by atoms with Crippen molar-refractivity contribution in [2.75, 3.05) is 18.9 Å². The maximum absolute atomic E-state index is 12.6. The fraction of sp³-hybridized carbons (Fsp3) is 0.391. The first-order chi connectivity index (χ1) is 14.1. The molecule has 0 aliphatic carbocycles. The van der Waals surface area contributed by atoms with Crippen LogP contribution in [0, 0.1) is 0 Å². The molecule has 2 heterocycles. The smallest absolute Gasteiger partial charge is 0.252 e. The average molecular weight is 411 g/mol. The minimum Gasteiger partial charge on any atom is -0.494 e. The predicted molar refractivity (Wildman–Crippen MR) is 117 cm³/mol. The lowest BCUT2D eigenvalue weighted by atomic mass is 10.1. The van der Waals surface area contributed by atoms with Crippen LogP contribution in [-0.2, 0) is 17.0 Å². The number of hydrogen-bond acceptors (Lipinski definition) is 5. The number of benzene rings is 2. The van der Waals surface area contributed by atoms with Crippen molar-refractivity contribution >= 4 is 23.4 Å². The predicted octanol–water partition coefficient (Wildman–Crippen LogP) is 4.28. The van der Waals surface area contributed by atoms with E-state index in [0.29, 0.717) is 24.7 Å². The van der Waals surface area contributed by atoms with Gasteiger partial charge in [0.05, 0.1) is 24.6 Å². The molecule has 0 radical (unpaired) electrons. The topological polar surface area (TPSA) is 51.1 Å². The van der Waals surface area contributed by atoms with E-state index >= 15 is 0 Å². The SMILES string of the molecule is CCOc1cc2c(cc1CSCC(=O)N1CCC(c3ccccc3)=N1)O[C@@H](C)C2. The van der Waals surface area contributed by atoms with E-state index in [4.69, 9.17) is 9.47 Å². The van der Waals surface area contributed by atoms with Crippen LogP contribution in [0.15, 0.2) is 47.6 Å². The zero-order valence-corrected chi connectivity index (χ0v) is 17.7. The summed E-state index contributed by atoms with van der Waals surface area (Å²) in [5, 5.41) is 6.13. The van der Waals surface area contributed by atoms with Crippen molar-refractivity contribution < 1.29 is 14.3 Å². The van der Waals surface area contributed by atoms with Gasteiger partial charge >= 0.3 is 0 Å². The summed E-state index contributed by atoms with van der Waals surface area (Å²) in [6, 6.07) is 14.2. The first kappa shape index (κ1) is 19.8. The van der Waals surface area contributed by atoms with E-state index in [1.54, 1.807) is 16.8 Å². The molecule has 4 rings (SSSR count). The first-order valence-corrected chi connectivity index (χ1v) is 11.3. The molecule has 29 heavy (non-hydrogen) atoms. The molecule has 0 saturated carbocycles. The van der Waals surface area contributed by atoms with Crippen molar-refractivity contribution in [3.05, 3.63) is 59.2 Å². The molecule has 152 valence electrons. The van der Waals surface area contributed by atoms with Crippen LogP contribution in [0.4, 0.5) is 0 Å². The van der Waals surface area contributed by atoms with E-state index in [2.05, 4.69) is 24.2 Å². The molecule has 0 aromatic heterocycles. The van der Waals surface area contributed by atoms with Gasteiger partial charge in [-0.15, -0.1) is 11.8 Å². The number of hydrazone groups is 1. The minimum absolute atomic E-state index is 0.0462. The quantitative estimate of drug-likeness (QED) is 0.684. The summed E-state index contributed by atoms with van der Waals surface area (Å²) in [5.41, 5.74) is 4.34. The van der Waals surface area contributed by atoms with Gasteiger partial charge in [-0.3, -0.25) is 4.79 Å². The summed E-state index contributed by atoms with van der Waals surface area (Å²) in [4.78, 5) is 12.6. The molecule has 2 aliphatic rings. The molecule has 1 atom stereocenters. The van der Waals surface area contributed by atoms with Crippen LogP contribution in [-0.4, -0.2) is 41.6 Å². The highest BCUT2D eigenvalue weighted by Gasteiger charge is 2.23. The number of hydrogen-bond donors (Lipinski definition) is 0. The van der Waals surface area contributed by atoms with Crippen LogP contribution in [0.25, 0.3) is 0 Å². The van der Waals surface area contributed by atoms with Gasteiger partial charge in [-0.2, -0.15) is 5.10 Å². The zero-order chi connectivity index (χ0) is 20.2. The van der Waals surface area contributed by atoms with Crippen molar-refractivity contribution in [3.8, 4) is 11.5 Å². The molecule has 0 unspecified atom stereocenters. The Morgan fingerprint density at radius 2 is 2.14 bits per heavy atom. The lowest BCUT2D eigenvalue weighted by Crippen LogP contribution is -2.25. The van der Waals surface area contributed by atoms with E-state index < -0.39 is 0 Å².